The molecule has 1 aromatic rings. The van der Waals surface area contributed by atoms with Crippen LogP contribution in [0.4, 0.5) is 11.4 Å². The zero-order valence-corrected chi connectivity index (χ0v) is 9.83. The molecular weight excluding hydrogens is 184 g/mol. The van der Waals surface area contributed by atoms with Crippen molar-refractivity contribution >= 4 is 11.4 Å². The SMILES string of the molecule is Cc1ccc(N2CC(C)CC2C)cc1N. The van der Waals surface area contributed by atoms with Crippen molar-refractivity contribution in [1.29, 1.82) is 0 Å². The molecule has 1 saturated heterocycles. The van der Waals surface area contributed by atoms with Gasteiger partial charge in [0.05, 0.1) is 0 Å². The van der Waals surface area contributed by atoms with Crippen LogP contribution in [0.5, 0.6) is 0 Å². The summed E-state index contributed by atoms with van der Waals surface area (Å²) >= 11 is 0. The third kappa shape index (κ3) is 1.94. The van der Waals surface area contributed by atoms with Crippen LogP contribution in [0.1, 0.15) is 25.8 Å². The summed E-state index contributed by atoms with van der Waals surface area (Å²) in [6, 6.07) is 7.03. The van der Waals surface area contributed by atoms with Crippen molar-refractivity contribution < 1.29 is 0 Å². The van der Waals surface area contributed by atoms with Crippen LogP contribution in [0.2, 0.25) is 0 Å². The second-order valence-corrected chi connectivity index (χ2v) is 4.88. The molecule has 2 heteroatoms. The monoisotopic (exact) mass is 204 g/mol. The summed E-state index contributed by atoms with van der Waals surface area (Å²) in [5.74, 6) is 0.794. The molecule has 0 amide bonds. The second-order valence-electron chi connectivity index (χ2n) is 4.88. The minimum absolute atomic E-state index is 0.641. The molecule has 15 heavy (non-hydrogen) atoms. The van der Waals surface area contributed by atoms with E-state index in [0.29, 0.717) is 6.04 Å². The van der Waals surface area contributed by atoms with Crippen LogP contribution in [0, 0.1) is 12.8 Å². The first-order chi connectivity index (χ1) is 7.08. The van der Waals surface area contributed by atoms with Gasteiger partial charge < -0.3 is 10.6 Å². The van der Waals surface area contributed by atoms with Crippen molar-refractivity contribution in [2.45, 2.75) is 33.2 Å². The number of anilines is 2. The number of rotatable bonds is 1. The van der Waals surface area contributed by atoms with Crippen LogP contribution in [0.25, 0.3) is 0 Å². The fraction of sp³-hybridized carbons (Fsp3) is 0.538. The van der Waals surface area contributed by atoms with Gasteiger partial charge in [-0.1, -0.05) is 13.0 Å². The lowest BCUT2D eigenvalue weighted by Crippen LogP contribution is -2.26. The fourth-order valence-corrected chi connectivity index (χ4v) is 2.47. The molecule has 0 saturated carbocycles. The first-order valence-corrected chi connectivity index (χ1v) is 5.70. The predicted octanol–water partition coefficient (Wildman–Crippen LogP) is 2.81. The molecule has 2 atom stereocenters. The quantitative estimate of drug-likeness (QED) is 0.713. The topological polar surface area (TPSA) is 29.3 Å². The fourth-order valence-electron chi connectivity index (χ4n) is 2.47. The smallest absolute Gasteiger partial charge is 0.0389 e. The highest BCUT2D eigenvalue weighted by atomic mass is 15.2. The largest absolute Gasteiger partial charge is 0.398 e. The Kier molecular flexibility index (Phi) is 2.59. The maximum Gasteiger partial charge on any atom is 0.0389 e. The van der Waals surface area contributed by atoms with Gasteiger partial charge >= 0.3 is 0 Å². The van der Waals surface area contributed by atoms with Gasteiger partial charge in [-0.25, -0.2) is 0 Å². The van der Waals surface area contributed by atoms with Gasteiger partial charge in [0.2, 0.25) is 0 Å². The average molecular weight is 204 g/mol. The van der Waals surface area contributed by atoms with Crippen molar-refractivity contribution in [2.24, 2.45) is 5.92 Å². The molecule has 1 aliphatic heterocycles. The molecule has 1 aromatic carbocycles. The predicted molar refractivity (Wildman–Crippen MR) is 66.2 cm³/mol. The summed E-state index contributed by atoms with van der Waals surface area (Å²) in [5.41, 5.74) is 9.28. The van der Waals surface area contributed by atoms with Crippen LogP contribution in [0.15, 0.2) is 18.2 Å². The molecule has 0 aliphatic carbocycles. The van der Waals surface area contributed by atoms with Crippen molar-refractivity contribution in [1.82, 2.24) is 0 Å². The Bertz CT molecular complexity index is 360. The maximum absolute atomic E-state index is 5.94. The van der Waals surface area contributed by atoms with Gasteiger partial charge in [0, 0.05) is 24.0 Å². The van der Waals surface area contributed by atoms with E-state index < -0.39 is 0 Å². The van der Waals surface area contributed by atoms with E-state index >= 15 is 0 Å². The van der Waals surface area contributed by atoms with Gasteiger partial charge in [-0.3, -0.25) is 0 Å². The number of nitrogens with two attached hydrogens (primary N) is 1. The average Bonchev–Trinajstić information content (AvgIpc) is 2.50. The van der Waals surface area contributed by atoms with Crippen molar-refractivity contribution in [3.8, 4) is 0 Å². The molecule has 0 aromatic heterocycles. The van der Waals surface area contributed by atoms with E-state index in [2.05, 4.69) is 43.9 Å². The zero-order valence-electron chi connectivity index (χ0n) is 9.83. The molecule has 1 fully saturated rings. The van der Waals surface area contributed by atoms with E-state index in [4.69, 9.17) is 5.73 Å². The van der Waals surface area contributed by atoms with Crippen molar-refractivity contribution in [3.05, 3.63) is 23.8 Å². The number of nitrogen functional groups attached to an aromatic ring is 1. The first kappa shape index (κ1) is 10.3. The van der Waals surface area contributed by atoms with Crippen LogP contribution < -0.4 is 10.6 Å². The number of aryl methyl sites for hydroxylation is 1. The molecule has 0 bridgehead atoms. The van der Waals surface area contributed by atoms with Gasteiger partial charge in [0.15, 0.2) is 0 Å². The highest BCUT2D eigenvalue weighted by Crippen LogP contribution is 2.30. The first-order valence-electron chi connectivity index (χ1n) is 5.70. The summed E-state index contributed by atoms with van der Waals surface area (Å²) in [4.78, 5) is 2.46. The minimum atomic E-state index is 0.641. The molecule has 0 radical (unpaired) electrons. The van der Waals surface area contributed by atoms with Crippen LogP contribution in [-0.2, 0) is 0 Å². The van der Waals surface area contributed by atoms with E-state index in [1.165, 1.54) is 17.7 Å². The van der Waals surface area contributed by atoms with Crippen LogP contribution >= 0.6 is 0 Å². The van der Waals surface area contributed by atoms with Gasteiger partial charge in [0.25, 0.3) is 0 Å². The molecule has 2 unspecified atom stereocenters. The summed E-state index contributed by atoms with van der Waals surface area (Å²) < 4.78 is 0. The molecule has 0 spiro atoms. The van der Waals surface area contributed by atoms with Gasteiger partial charge in [0.1, 0.15) is 0 Å². The van der Waals surface area contributed by atoms with E-state index in [-0.39, 0.29) is 0 Å². The highest BCUT2D eigenvalue weighted by molar-refractivity contribution is 5.60. The normalized spacial score (nSPS) is 25.9. The molecule has 2 N–H and O–H groups in total. The Morgan fingerprint density at radius 1 is 1.33 bits per heavy atom. The summed E-state index contributed by atoms with van der Waals surface area (Å²) in [6.45, 7) is 7.81. The van der Waals surface area contributed by atoms with Crippen molar-refractivity contribution in [2.75, 3.05) is 17.2 Å². The molecule has 2 rings (SSSR count). The van der Waals surface area contributed by atoms with Gasteiger partial charge in [-0.2, -0.15) is 0 Å². The summed E-state index contributed by atoms with van der Waals surface area (Å²) in [5, 5.41) is 0. The van der Waals surface area contributed by atoms with Crippen molar-refractivity contribution in [3.63, 3.8) is 0 Å². The molecule has 1 heterocycles. The minimum Gasteiger partial charge on any atom is -0.398 e. The lowest BCUT2D eigenvalue weighted by atomic mass is 10.1. The Morgan fingerprint density at radius 2 is 2.07 bits per heavy atom. The third-order valence-corrected chi connectivity index (χ3v) is 3.38. The van der Waals surface area contributed by atoms with E-state index in [0.717, 1.165) is 18.2 Å². The Balaban J connectivity index is 2.26. The molecule has 2 nitrogen and oxygen atoms in total. The van der Waals surface area contributed by atoms with E-state index in [9.17, 15) is 0 Å². The lowest BCUT2D eigenvalue weighted by Gasteiger charge is -2.24. The molecular formula is C13H20N2. The lowest BCUT2D eigenvalue weighted by molar-refractivity contribution is 0.625. The summed E-state index contributed by atoms with van der Waals surface area (Å²) in [6.07, 6.45) is 1.29. The highest BCUT2D eigenvalue weighted by Gasteiger charge is 2.26. The Morgan fingerprint density at radius 3 is 2.60 bits per heavy atom. The van der Waals surface area contributed by atoms with Gasteiger partial charge in [-0.05, 0) is 43.9 Å². The van der Waals surface area contributed by atoms with Crippen LogP contribution in [0.3, 0.4) is 0 Å². The van der Waals surface area contributed by atoms with Gasteiger partial charge in [-0.15, -0.1) is 0 Å². The Labute approximate surface area is 92.1 Å². The standard InChI is InChI=1S/C13H20N2/c1-9-6-11(3)15(8-9)12-5-4-10(2)13(14)7-12/h4-5,7,9,11H,6,8,14H2,1-3H3. The Hall–Kier alpha value is -1.18. The van der Waals surface area contributed by atoms with E-state index in [1.54, 1.807) is 0 Å². The third-order valence-electron chi connectivity index (χ3n) is 3.38. The van der Waals surface area contributed by atoms with Crippen LogP contribution in [-0.4, -0.2) is 12.6 Å². The number of benzene rings is 1. The molecule has 82 valence electrons. The number of hydrogen-bond donors (Lipinski definition) is 1. The zero-order chi connectivity index (χ0) is 11.0. The number of nitrogens with zero attached hydrogens (tertiary/aromatic N) is 1. The van der Waals surface area contributed by atoms with E-state index in [1.807, 2.05) is 0 Å². The summed E-state index contributed by atoms with van der Waals surface area (Å²) in [7, 11) is 0. The molecule has 1 aliphatic rings. The number of hydrogen-bond acceptors (Lipinski definition) is 2. The maximum atomic E-state index is 5.94. The second kappa shape index (κ2) is 3.76.